The monoisotopic (exact) mass is 168 g/mol. The summed E-state index contributed by atoms with van der Waals surface area (Å²) in [6, 6.07) is 0. The highest BCUT2D eigenvalue weighted by Gasteiger charge is 2.29. The highest BCUT2D eigenvalue weighted by Crippen LogP contribution is 2.24. The van der Waals surface area contributed by atoms with E-state index in [9.17, 15) is 0 Å². The van der Waals surface area contributed by atoms with Crippen molar-refractivity contribution in [1.29, 1.82) is 0 Å². The molecule has 2 nitrogen and oxygen atoms in total. The maximum atomic E-state index is 3.52. The van der Waals surface area contributed by atoms with E-state index in [0.29, 0.717) is 0 Å². The molecule has 2 aliphatic rings. The molecule has 1 N–H and O–H groups in total. The van der Waals surface area contributed by atoms with Gasteiger partial charge in [0, 0.05) is 13.1 Å². The van der Waals surface area contributed by atoms with Gasteiger partial charge in [-0.05, 0) is 44.3 Å². The van der Waals surface area contributed by atoms with Crippen molar-refractivity contribution in [2.75, 3.05) is 32.7 Å². The summed E-state index contributed by atoms with van der Waals surface area (Å²) in [7, 11) is 0. The summed E-state index contributed by atoms with van der Waals surface area (Å²) in [5.41, 5.74) is 0. The Morgan fingerprint density at radius 1 is 1.25 bits per heavy atom. The average molecular weight is 168 g/mol. The summed E-state index contributed by atoms with van der Waals surface area (Å²) in [6.45, 7) is 8.80. The summed E-state index contributed by atoms with van der Waals surface area (Å²) in [4.78, 5) is 2.65. The van der Waals surface area contributed by atoms with Gasteiger partial charge >= 0.3 is 0 Å². The van der Waals surface area contributed by atoms with E-state index in [1.807, 2.05) is 0 Å². The quantitative estimate of drug-likeness (QED) is 0.660. The van der Waals surface area contributed by atoms with Gasteiger partial charge in [-0.3, -0.25) is 0 Å². The smallest absolute Gasteiger partial charge is 0.00220 e. The first-order chi connectivity index (χ1) is 5.88. The summed E-state index contributed by atoms with van der Waals surface area (Å²) in [5.74, 6) is 1.90. The normalized spacial score (nSPS) is 36.8. The van der Waals surface area contributed by atoms with E-state index in [1.54, 1.807) is 0 Å². The van der Waals surface area contributed by atoms with Crippen molar-refractivity contribution in [2.45, 2.75) is 19.8 Å². The van der Waals surface area contributed by atoms with Crippen LogP contribution in [-0.4, -0.2) is 37.6 Å². The molecular formula is C10H20N2. The molecule has 0 spiro atoms. The lowest BCUT2D eigenvalue weighted by molar-refractivity contribution is 0.0976. The molecule has 2 bridgehead atoms. The van der Waals surface area contributed by atoms with E-state index in [1.165, 1.54) is 45.6 Å². The lowest BCUT2D eigenvalue weighted by Gasteiger charge is -2.41. The number of nitrogens with zero attached hydrogens (tertiary/aromatic N) is 1. The molecule has 0 aliphatic carbocycles. The van der Waals surface area contributed by atoms with E-state index >= 15 is 0 Å². The topological polar surface area (TPSA) is 15.3 Å². The highest BCUT2D eigenvalue weighted by atomic mass is 15.1. The Kier molecular flexibility index (Phi) is 2.66. The molecule has 0 radical (unpaired) electrons. The fraction of sp³-hybridized carbons (Fsp3) is 1.00. The second kappa shape index (κ2) is 3.75. The predicted molar refractivity (Wildman–Crippen MR) is 51.2 cm³/mol. The fourth-order valence-electron chi connectivity index (χ4n) is 2.71. The Labute approximate surface area is 75.3 Å². The Balaban J connectivity index is 1.87. The Hall–Kier alpha value is -0.0800. The van der Waals surface area contributed by atoms with E-state index in [-0.39, 0.29) is 0 Å². The van der Waals surface area contributed by atoms with Crippen molar-refractivity contribution in [3.05, 3.63) is 0 Å². The Morgan fingerprint density at radius 3 is 2.50 bits per heavy atom. The van der Waals surface area contributed by atoms with Crippen LogP contribution in [0.5, 0.6) is 0 Å². The molecule has 0 amide bonds. The van der Waals surface area contributed by atoms with Crippen LogP contribution in [0.15, 0.2) is 0 Å². The second-order valence-corrected chi connectivity index (χ2v) is 4.39. The van der Waals surface area contributed by atoms with Crippen molar-refractivity contribution in [1.82, 2.24) is 10.2 Å². The number of rotatable bonds is 2. The highest BCUT2D eigenvalue weighted by molar-refractivity contribution is 4.85. The number of nitrogens with one attached hydrogen (secondary N) is 1. The van der Waals surface area contributed by atoms with E-state index in [4.69, 9.17) is 0 Å². The minimum absolute atomic E-state index is 0.948. The zero-order chi connectivity index (χ0) is 8.39. The van der Waals surface area contributed by atoms with Crippen molar-refractivity contribution < 1.29 is 0 Å². The summed E-state index contributed by atoms with van der Waals surface area (Å²) in [5, 5.41) is 3.52. The van der Waals surface area contributed by atoms with Gasteiger partial charge in [0.1, 0.15) is 0 Å². The third-order valence-electron chi connectivity index (χ3n) is 3.11. The van der Waals surface area contributed by atoms with Gasteiger partial charge in [-0.1, -0.05) is 6.92 Å². The number of hydrogen-bond donors (Lipinski definition) is 1. The first-order valence-electron chi connectivity index (χ1n) is 5.31. The molecule has 2 atom stereocenters. The van der Waals surface area contributed by atoms with Gasteiger partial charge in [0.2, 0.25) is 0 Å². The first kappa shape index (κ1) is 8.52. The maximum Gasteiger partial charge on any atom is 0.00220 e. The standard InChI is InChI=1S/C10H20N2/c1-2-3-12-7-9-4-10(8-12)6-11-5-9/h9-11H,2-8H2,1H3. The van der Waals surface area contributed by atoms with Gasteiger partial charge in [0.15, 0.2) is 0 Å². The van der Waals surface area contributed by atoms with Gasteiger partial charge in [0.25, 0.3) is 0 Å². The van der Waals surface area contributed by atoms with Crippen LogP contribution in [0.4, 0.5) is 0 Å². The molecular weight excluding hydrogens is 148 g/mol. The second-order valence-electron chi connectivity index (χ2n) is 4.39. The zero-order valence-electron chi connectivity index (χ0n) is 8.05. The molecule has 2 heteroatoms. The van der Waals surface area contributed by atoms with Crippen molar-refractivity contribution in [2.24, 2.45) is 11.8 Å². The van der Waals surface area contributed by atoms with Crippen LogP contribution in [0.2, 0.25) is 0 Å². The largest absolute Gasteiger partial charge is 0.316 e. The van der Waals surface area contributed by atoms with Gasteiger partial charge in [-0.15, -0.1) is 0 Å². The number of likely N-dealkylation sites (tertiary alicyclic amines) is 1. The average Bonchev–Trinajstić information content (AvgIpc) is 2.04. The van der Waals surface area contributed by atoms with Crippen LogP contribution < -0.4 is 5.32 Å². The van der Waals surface area contributed by atoms with E-state index in [2.05, 4.69) is 17.1 Å². The predicted octanol–water partition coefficient (Wildman–Crippen LogP) is 0.938. The fourth-order valence-corrected chi connectivity index (χ4v) is 2.71. The molecule has 0 aromatic rings. The minimum Gasteiger partial charge on any atom is -0.316 e. The minimum atomic E-state index is 0.948. The van der Waals surface area contributed by atoms with E-state index in [0.717, 1.165) is 11.8 Å². The lowest BCUT2D eigenvalue weighted by atomic mass is 9.86. The van der Waals surface area contributed by atoms with Crippen LogP contribution in [0, 0.1) is 11.8 Å². The molecule has 2 heterocycles. The molecule has 0 aromatic carbocycles. The van der Waals surface area contributed by atoms with Crippen molar-refractivity contribution in [3.63, 3.8) is 0 Å². The van der Waals surface area contributed by atoms with Crippen LogP contribution in [-0.2, 0) is 0 Å². The molecule has 12 heavy (non-hydrogen) atoms. The Morgan fingerprint density at radius 2 is 1.92 bits per heavy atom. The third kappa shape index (κ3) is 1.80. The lowest BCUT2D eigenvalue weighted by Crippen LogP contribution is -2.51. The van der Waals surface area contributed by atoms with Crippen LogP contribution >= 0.6 is 0 Å². The summed E-state index contributed by atoms with van der Waals surface area (Å²) in [6.07, 6.45) is 2.79. The number of hydrogen-bond acceptors (Lipinski definition) is 2. The Bertz CT molecular complexity index is 135. The summed E-state index contributed by atoms with van der Waals surface area (Å²) >= 11 is 0. The molecule has 0 saturated carbocycles. The van der Waals surface area contributed by atoms with Crippen LogP contribution in [0.3, 0.4) is 0 Å². The van der Waals surface area contributed by atoms with Gasteiger partial charge in [-0.25, -0.2) is 0 Å². The zero-order valence-corrected chi connectivity index (χ0v) is 8.05. The van der Waals surface area contributed by atoms with Crippen LogP contribution in [0.25, 0.3) is 0 Å². The van der Waals surface area contributed by atoms with E-state index < -0.39 is 0 Å². The number of fused-ring (bicyclic) bond motifs is 2. The third-order valence-corrected chi connectivity index (χ3v) is 3.11. The molecule has 2 rings (SSSR count). The molecule has 2 aliphatic heterocycles. The first-order valence-corrected chi connectivity index (χ1v) is 5.31. The molecule has 70 valence electrons. The molecule has 2 fully saturated rings. The molecule has 2 saturated heterocycles. The van der Waals surface area contributed by atoms with Gasteiger partial charge < -0.3 is 10.2 Å². The summed E-state index contributed by atoms with van der Waals surface area (Å²) < 4.78 is 0. The number of piperidine rings is 2. The van der Waals surface area contributed by atoms with Crippen molar-refractivity contribution in [3.8, 4) is 0 Å². The maximum absolute atomic E-state index is 3.52. The SMILES string of the molecule is CCCN1CC2CNCC(C2)C1. The van der Waals surface area contributed by atoms with Gasteiger partial charge in [0.05, 0.1) is 0 Å². The molecule has 2 unspecified atom stereocenters. The van der Waals surface area contributed by atoms with Gasteiger partial charge in [-0.2, -0.15) is 0 Å². The molecule has 0 aromatic heterocycles. The van der Waals surface area contributed by atoms with Crippen LogP contribution in [0.1, 0.15) is 19.8 Å². The van der Waals surface area contributed by atoms with Crippen molar-refractivity contribution >= 4 is 0 Å².